The maximum Gasteiger partial charge on any atom is -0.00669 e. The molecule has 0 heterocycles. The Morgan fingerprint density at radius 3 is 2.00 bits per heavy atom. The van der Waals surface area contributed by atoms with E-state index in [0.29, 0.717) is 0 Å². The van der Waals surface area contributed by atoms with E-state index in [1.165, 1.54) is 12.8 Å². The van der Waals surface area contributed by atoms with Gasteiger partial charge in [0.25, 0.3) is 0 Å². The molecule has 0 spiro atoms. The van der Waals surface area contributed by atoms with Crippen LogP contribution in [0.4, 0.5) is 0 Å². The second-order valence-electron chi connectivity index (χ2n) is 3.83. The van der Waals surface area contributed by atoms with E-state index in [1.807, 2.05) is 0 Å². The van der Waals surface area contributed by atoms with Gasteiger partial charge in [0.15, 0.2) is 0 Å². The standard InChI is InChI=1S/C10H22S/c1-5-6-10(7-11)9(4)8(2)3/h8-11H,5-7H2,1-4H3. The maximum atomic E-state index is 4.38. The zero-order valence-corrected chi connectivity index (χ0v) is 9.20. The smallest absolute Gasteiger partial charge is 0.00669 e. The van der Waals surface area contributed by atoms with Gasteiger partial charge < -0.3 is 0 Å². The van der Waals surface area contributed by atoms with Crippen LogP contribution in [0.25, 0.3) is 0 Å². The van der Waals surface area contributed by atoms with Crippen molar-refractivity contribution in [3.63, 3.8) is 0 Å². The minimum atomic E-state index is 0.804. The zero-order chi connectivity index (χ0) is 8.85. The molecule has 0 aromatic rings. The molecule has 0 aliphatic carbocycles. The van der Waals surface area contributed by atoms with E-state index < -0.39 is 0 Å². The molecule has 0 N–H and O–H groups in total. The van der Waals surface area contributed by atoms with Gasteiger partial charge >= 0.3 is 0 Å². The molecule has 0 aliphatic rings. The van der Waals surface area contributed by atoms with Gasteiger partial charge in [0.2, 0.25) is 0 Å². The van der Waals surface area contributed by atoms with Crippen LogP contribution >= 0.6 is 12.6 Å². The van der Waals surface area contributed by atoms with E-state index in [-0.39, 0.29) is 0 Å². The van der Waals surface area contributed by atoms with Crippen molar-refractivity contribution >= 4 is 12.6 Å². The third-order valence-corrected chi connectivity index (χ3v) is 3.16. The molecule has 0 amide bonds. The van der Waals surface area contributed by atoms with Gasteiger partial charge in [-0.3, -0.25) is 0 Å². The van der Waals surface area contributed by atoms with Crippen molar-refractivity contribution in [2.75, 3.05) is 5.75 Å². The van der Waals surface area contributed by atoms with Gasteiger partial charge in [-0.2, -0.15) is 12.6 Å². The van der Waals surface area contributed by atoms with Gasteiger partial charge in [-0.15, -0.1) is 0 Å². The Morgan fingerprint density at radius 1 is 1.18 bits per heavy atom. The highest BCUT2D eigenvalue weighted by Gasteiger charge is 2.17. The van der Waals surface area contributed by atoms with Crippen LogP contribution in [0.5, 0.6) is 0 Å². The fourth-order valence-corrected chi connectivity index (χ4v) is 1.95. The molecule has 2 atom stereocenters. The predicted molar refractivity (Wildman–Crippen MR) is 56.3 cm³/mol. The van der Waals surface area contributed by atoms with E-state index in [0.717, 1.165) is 23.5 Å². The van der Waals surface area contributed by atoms with Gasteiger partial charge in [0.1, 0.15) is 0 Å². The second-order valence-corrected chi connectivity index (χ2v) is 4.20. The van der Waals surface area contributed by atoms with E-state index in [1.54, 1.807) is 0 Å². The molecule has 0 aromatic heterocycles. The summed E-state index contributed by atoms with van der Waals surface area (Å²) in [6, 6.07) is 0. The first-order valence-corrected chi connectivity index (χ1v) is 5.37. The van der Waals surface area contributed by atoms with Gasteiger partial charge in [-0.25, -0.2) is 0 Å². The molecular formula is C10H22S. The molecule has 11 heavy (non-hydrogen) atoms. The molecule has 0 radical (unpaired) electrons. The van der Waals surface area contributed by atoms with Crippen LogP contribution in [0.1, 0.15) is 40.5 Å². The average molecular weight is 174 g/mol. The normalized spacial score (nSPS) is 16.9. The van der Waals surface area contributed by atoms with Crippen LogP contribution in [-0.4, -0.2) is 5.75 Å². The molecular weight excluding hydrogens is 152 g/mol. The van der Waals surface area contributed by atoms with Crippen molar-refractivity contribution in [2.24, 2.45) is 17.8 Å². The Morgan fingerprint density at radius 2 is 1.73 bits per heavy atom. The van der Waals surface area contributed by atoms with E-state index >= 15 is 0 Å². The molecule has 68 valence electrons. The summed E-state index contributed by atoms with van der Waals surface area (Å²) in [4.78, 5) is 0. The number of thiol groups is 1. The highest BCUT2D eigenvalue weighted by molar-refractivity contribution is 7.80. The Hall–Kier alpha value is 0.350. The molecule has 0 nitrogen and oxygen atoms in total. The largest absolute Gasteiger partial charge is 0.179 e. The molecule has 0 saturated heterocycles. The van der Waals surface area contributed by atoms with Crippen LogP contribution in [0.3, 0.4) is 0 Å². The molecule has 0 aromatic carbocycles. The molecule has 0 saturated carbocycles. The van der Waals surface area contributed by atoms with Gasteiger partial charge in [0.05, 0.1) is 0 Å². The van der Waals surface area contributed by atoms with Crippen LogP contribution in [0, 0.1) is 17.8 Å². The van der Waals surface area contributed by atoms with E-state index in [9.17, 15) is 0 Å². The summed E-state index contributed by atoms with van der Waals surface area (Å²) in [6.45, 7) is 9.21. The van der Waals surface area contributed by atoms with E-state index in [4.69, 9.17) is 0 Å². The first-order chi connectivity index (χ1) is 5.13. The minimum absolute atomic E-state index is 0.804. The summed E-state index contributed by atoms with van der Waals surface area (Å²) in [6.07, 6.45) is 2.63. The topological polar surface area (TPSA) is 0 Å². The fraction of sp³-hybridized carbons (Fsp3) is 1.00. The van der Waals surface area contributed by atoms with Crippen molar-refractivity contribution in [1.82, 2.24) is 0 Å². The summed E-state index contributed by atoms with van der Waals surface area (Å²) in [5.41, 5.74) is 0. The lowest BCUT2D eigenvalue weighted by atomic mass is 9.83. The predicted octanol–water partition coefficient (Wildman–Crippen LogP) is 3.62. The average Bonchev–Trinajstić information content (AvgIpc) is 1.98. The third-order valence-electron chi connectivity index (χ3n) is 2.69. The molecule has 0 aliphatic heterocycles. The second kappa shape index (κ2) is 5.93. The molecule has 0 rings (SSSR count). The van der Waals surface area contributed by atoms with Gasteiger partial charge in [-0.05, 0) is 29.9 Å². The quantitative estimate of drug-likeness (QED) is 0.605. The summed E-state index contributed by atoms with van der Waals surface area (Å²) in [7, 11) is 0. The summed E-state index contributed by atoms with van der Waals surface area (Å²) in [5.74, 6) is 3.50. The van der Waals surface area contributed by atoms with Gasteiger partial charge in [0, 0.05) is 0 Å². The SMILES string of the molecule is CCCC(CS)C(C)C(C)C. The Balaban J connectivity index is 3.81. The highest BCUT2D eigenvalue weighted by Crippen LogP contribution is 2.25. The lowest BCUT2D eigenvalue weighted by Gasteiger charge is -2.24. The summed E-state index contributed by atoms with van der Waals surface area (Å²) < 4.78 is 0. The van der Waals surface area contributed by atoms with Crippen LogP contribution in [-0.2, 0) is 0 Å². The highest BCUT2D eigenvalue weighted by atomic mass is 32.1. The Kier molecular flexibility index (Phi) is 6.12. The summed E-state index contributed by atoms with van der Waals surface area (Å²) in [5, 5.41) is 0. The maximum absolute atomic E-state index is 4.38. The van der Waals surface area contributed by atoms with Crippen molar-refractivity contribution in [2.45, 2.75) is 40.5 Å². The van der Waals surface area contributed by atoms with E-state index in [2.05, 4.69) is 40.3 Å². The minimum Gasteiger partial charge on any atom is -0.179 e. The van der Waals surface area contributed by atoms with Crippen molar-refractivity contribution < 1.29 is 0 Å². The Labute approximate surface area is 77.2 Å². The number of hydrogen-bond donors (Lipinski definition) is 1. The third kappa shape index (κ3) is 4.05. The summed E-state index contributed by atoms with van der Waals surface area (Å²) >= 11 is 4.38. The number of hydrogen-bond acceptors (Lipinski definition) is 1. The monoisotopic (exact) mass is 174 g/mol. The first-order valence-electron chi connectivity index (χ1n) is 4.74. The molecule has 1 heteroatoms. The molecule has 0 fully saturated rings. The lowest BCUT2D eigenvalue weighted by Crippen LogP contribution is -2.18. The first kappa shape index (κ1) is 11.4. The Bertz CT molecular complexity index is 88.9. The van der Waals surface area contributed by atoms with Crippen LogP contribution in [0.2, 0.25) is 0 Å². The number of rotatable bonds is 5. The molecule has 2 unspecified atom stereocenters. The molecule has 0 bridgehead atoms. The van der Waals surface area contributed by atoms with Gasteiger partial charge in [-0.1, -0.05) is 34.1 Å². The zero-order valence-electron chi connectivity index (χ0n) is 8.30. The van der Waals surface area contributed by atoms with Crippen LogP contribution in [0.15, 0.2) is 0 Å². The van der Waals surface area contributed by atoms with Crippen molar-refractivity contribution in [3.05, 3.63) is 0 Å². The van der Waals surface area contributed by atoms with Crippen LogP contribution < -0.4 is 0 Å². The lowest BCUT2D eigenvalue weighted by molar-refractivity contribution is 0.285. The fourth-order valence-electron chi connectivity index (χ4n) is 1.44. The van der Waals surface area contributed by atoms with Crippen molar-refractivity contribution in [1.29, 1.82) is 0 Å². The van der Waals surface area contributed by atoms with Crippen molar-refractivity contribution in [3.8, 4) is 0 Å².